The van der Waals surface area contributed by atoms with Crippen molar-refractivity contribution in [2.75, 3.05) is 13.2 Å². The molecule has 1 N–H and O–H groups in total. The van der Waals surface area contributed by atoms with Crippen molar-refractivity contribution in [2.24, 2.45) is 0 Å². The maximum atomic E-state index is 10.7. The van der Waals surface area contributed by atoms with Crippen LogP contribution < -0.4 is 0 Å². The summed E-state index contributed by atoms with van der Waals surface area (Å²) >= 11 is 0. The molecule has 0 atom stereocenters. The quantitative estimate of drug-likeness (QED) is 0.920. The van der Waals surface area contributed by atoms with Gasteiger partial charge in [-0.2, -0.15) is 5.10 Å². The average Bonchev–Trinajstić information content (AvgIpc) is 3.03. The second-order valence-corrected chi connectivity index (χ2v) is 6.10. The predicted molar refractivity (Wildman–Crippen MR) is 87.4 cm³/mol. The molecule has 1 aromatic heterocycles. The summed E-state index contributed by atoms with van der Waals surface area (Å²) in [5, 5.41) is 13.3. The number of benzene rings is 1. The summed E-state index contributed by atoms with van der Waals surface area (Å²) in [7, 11) is 0. The topological polar surface area (TPSA) is 64.3 Å². The summed E-state index contributed by atoms with van der Waals surface area (Å²) in [5.74, 6) is -0.760. The van der Waals surface area contributed by atoms with E-state index in [0.29, 0.717) is 12.5 Å². The van der Waals surface area contributed by atoms with Gasteiger partial charge in [-0.25, -0.2) is 0 Å². The van der Waals surface area contributed by atoms with Crippen LogP contribution in [-0.4, -0.2) is 34.1 Å². The Bertz CT molecular complexity index is 687. The number of hydrogen-bond donors (Lipinski definition) is 1. The van der Waals surface area contributed by atoms with Crippen molar-refractivity contribution >= 4 is 5.97 Å². The second-order valence-electron chi connectivity index (χ2n) is 6.10. The molecule has 0 bridgehead atoms. The Balaban J connectivity index is 1.76. The van der Waals surface area contributed by atoms with Crippen LogP contribution in [0, 0.1) is 6.92 Å². The molecule has 0 saturated carbocycles. The van der Waals surface area contributed by atoms with Gasteiger partial charge in [-0.3, -0.25) is 9.48 Å². The number of carboxylic acids is 1. The van der Waals surface area contributed by atoms with Crippen molar-refractivity contribution in [1.29, 1.82) is 0 Å². The molecule has 3 rings (SSSR count). The highest BCUT2D eigenvalue weighted by molar-refractivity contribution is 5.68. The van der Waals surface area contributed by atoms with Gasteiger partial charge in [0.1, 0.15) is 0 Å². The fraction of sp³-hybridized carbons (Fsp3) is 0.444. The van der Waals surface area contributed by atoms with Gasteiger partial charge in [0.05, 0.1) is 12.2 Å². The number of aromatic nitrogens is 2. The van der Waals surface area contributed by atoms with E-state index in [9.17, 15) is 4.79 Å². The highest BCUT2D eigenvalue weighted by Gasteiger charge is 2.17. The molecular weight excluding hydrogens is 292 g/mol. The fourth-order valence-corrected chi connectivity index (χ4v) is 3.08. The number of aryl methyl sites for hydroxylation is 2. The van der Waals surface area contributed by atoms with Gasteiger partial charge < -0.3 is 9.84 Å². The number of aliphatic carboxylic acids is 1. The molecule has 23 heavy (non-hydrogen) atoms. The van der Waals surface area contributed by atoms with E-state index in [1.807, 2.05) is 12.3 Å². The van der Waals surface area contributed by atoms with Gasteiger partial charge in [0.15, 0.2) is 0 Å². The van der Waals surface area contributed by atoms with E-state index in [0.717, 1.165) is 48.3 Å². The molecule has 0 unspecified atom stereocenters. The first-order valence-electron chi connectivity index (χ1n) is 8.07. The zero-order chi connectivity index (χ0) is 16.2. The molecule has 1 fully saturated rings. The lowest BCUT2D eigenvalue weighted by Gasteiger charge is -2.22. The Labute approximate surface area is 135 Å². The molecule has 1 aliphatic heterocycles. The zero-order valence-corrected chi connectivity index (χ0v) is 13.4. The highest BCUT2D eigenvalue weighted by Crippen LogP contribution is 2.27. The molecule has 0 spiro atoms. The molecule has 1 aliphatic rings. The van der Waals surface area contributed by atoms with E-state index < -0.39 is 5.97 Å². The molecule has 1 saturated heterocycles. The Morgan fingerprint density at radius 2 is 2.17 bits per heavy atom. The first-order chi connectivity index (χ1) is 11.1. The fourth-order valence-electron chi connectivity index (χ4n) is 3.08. The number of carbonyl (C=O) groups is 1. The standard InChI is InChI=1S/C18H22N2O3/c1-13-10-14(3-5-18(21)22)2-4-17(13)15-11-19-20(12-15)16-6-8-23-9-7-16/h2,4,10-12,16H,3,5-9H2,1H3,(H,21,22). The van der Waals surface area contributed by atoms with E-state index in [2.05, 4.69) is 35.0 Å². The molecule has 1 aromatic carbocycles. The summed E-state index contributed by atoms with van der Waals surface area (Å²) in [6, 6.07) is 6.58. The second kappa shape index (κ2) is 6.96. The SMILES string of the molecule is Cc1cc(CCC(=O)O)ccc1-c1cnn(C2CCOCC2)c1. The summed E-state index contributed by atoms with van der Waals surface area (Å²) < 4.78 is 7.45. The van der Waals surface area contributed by atoms with Crippen LogP contribution in [0.5, 0.6) is 0 Å². The van der Waals surface area contributed by atoms with E-state index in [4.69, 9.17) is 9.84 Å². The molecule has 5 nitrogen and oxygen atoms in total. The van der Waals surface area contributed by atoms with Crippen LogP contribution in [0.4, 0.5) is 0 Å². The van der Waals surface area contributed by atoms with Crippen LogP contribution in [0.15, 0.2) is 30.6 Å². The Morgan fingerprint density at radius 1 is 1.39 bits per heavy atom. The van der Waals surface area contributed by atoms with Crippen LogP contribution >= 0.6 is 0 Å². The lowest BCUT2D eigenvalue weighted by Crippen LogP contribution is -2.19. The first-order valence-corrected chi connectivity index (χ1v) is 8.07. The third kappa shape index (κ3) is 3.79. The predicted octanol–water partition coefficient (Wildman–Crippen LogP) is 3.23. The van der Waals surface area contributed by atoms with Crippen molar-refractivity contribution < 1.29 is 14.6 Å². The van der Waals surface area contributed by atoms with Crippen molar-refractivity contribution in [3.05, 3.63) is 41.7 Å². The smallest absolute Gasteiger partial charge is 0.303 e. The van der Waals surface area contributed by atoms with E-state index in [1.54, 1.807) is 0 Å². The van der Waals surface area contributed by atoms with Crippen molar-refractivity contribution in [3.63, 3.8) is 0 Å². The van der Waals surface area contributed by atoms with Gasteiger partial charge in [0.2, 0.25) is 0 Å². The average molecular weight is 314 g/mol. The summed E-state index contributed by atoms with van der Waals surface area (Å²) in [5.41, 5.74) is 4.48. The van der Waals surface area contributed by atoms with E-state index in [1.165, 1.54) is 0 Å². The van der Waals surface area contributed by atoms with Crippen LogP contribution in [-0.2, 0) is 16.0 Å². The van der Waals surface area contributed by atoms with Crippen molar-refractivity contribution in [2.45, 2.75) is 38.6 Å². The highest BCUT2D eigenvalue weighted by atomic mass is 16.5. The normalized spacial score (nSPS) is 15.7. The van der Waals surface area contributed by atoms with Crippen LogP contribution in [0.2, 0.25) is 0 Å². The number of ether oxygens (including phenoxy) is 1. The third-order valence-corrected chi connectivity index (χ3v) is 4.40. The van der Waals surface area contributed by atoms with Gasteiger partial charge in [-0.1, -0.05) is 18.2 Å². The minimum Gasteiger partial charge on any atom is -0.481 e. The van der Waals surface area contributed by atoms with Crippen LogP contribution in [0.25, 0.3) is 11.1 Å². The maximum Gasteiger partial charge on any atom is 0.303 e. The summed E-state index contributed by atoms with van der Waals surface area (Å²) in [4.78, 5) is 10.7. The Morgan fingerprint density at radius 3 is 2.87 bits per heavy atom. The lowest BCUT2D eigenvalue weighted by molar-refractivity contribution is -0.136. The Hall–Kier alpha value is -2.14. The number of rotatable bonds is 5. The zero-order valence-electron chi connectivity index (χ0n) is 13.4. The first kappa shape index (κ1) is 15.7. The number of nitrogens with zero attached hydrogens (tertiary/aromatic N) is 2. The molecular formula is C18H22N2O3. The van der Waals surface area contributed by atoms with Gasteiger partial charge >= 0.3 is 5.97 Å². The minimum atomic E-state index is -0.760. The molecule has 2 aromatic rings. The molecule has 0 amide bonds. The molecule has 0 aliphatic carbocycles. The maximum absolute atomic E-state index is 10.7. The van der Waals surface area contributed by atoms with Crippen LogP contribution in [0.1, 0.15) is 36.4 Å². The lowest BCUT2D eigenvalue weighted by atomic mass is 9.99. The molecule has 0 radical (unpaired) electrons. The molecule has 5 heteroatoms. The minimum absolute atomic E-state index is 0.167. The third-order valence-electron chi connectivity index (χ3n) is 4.40. The van der Waals surface area contributed by atoms with E-state index in [-0.39, 0.29) is 6.42 Å². The number of carboxylic acid groups (broad SMARTS) is 1. The van der Waals surface area contributed by atoms with Gasteiger partial charge in [-0.15, -0.1) is 0 Å². The number of hydrogen-bond acceptors (Lipinski definition) is 3. The Kier molecular flexibility index (Phi) is 4.76. The van der Waals surface area contributed by atoms with Crippen LogP contribution in [0.3, 0.4) is 0 Å². The van der Waals surface area contributed by atoms with E-state index >= 15 is 0 Å². The molecule has 122 valence electrons. The molecule has 2 heterocycles. The van der Waals surface area contributed by atoms with Gasteiger partial charge in [0, 0.05) is 31.4 Å². The van der Waals surface area contributed by atoms with Gasteiger partial charge in [0.25, 0.3) is 0 Å². The van der Waals surface area contributed by atoms with Crippen molar-refractivity contribution in [3.8, 4) is 11.1 Å². The van der Waals surface area contributed by atoms with Gasteiger partial charge in [-0.05, 0) is 42.9 Å². The summed E-state index contributed by atoms with van der Waals surface area (Å²) in [6.45, 7) is 3.67. The monoisotopic (exact) mass is 314 g/mol. The summed E-state index contributed by atoms with van der Waals surface area (Å²) in [6.07, 6.45) is 6.77. The van der Waals surface area contributed by atoms with Crippen molar-refractivity contribution in [1.82, 2.24) is 9.78 Å². The largest absolute Gasteiger partial charge is 0.481 e.